The van der Waals surface area contributed by atoms with Crippen molar-refractivity contribution < 1.29 is 19.1 Å². The number of amides is 2. The fraction of sp³-hybridized carbons (Fsp3) is 0.458. The maximum Gasteiger partial charge on any atom is 0.326 e. The molecule has 0 saturated carbocycles. The molecule has 2 aliphatic heterocycles. The number of nitrogens with zero attached hydrogens (tertiary/aromatic N) is 2. The van der Waals surface area contributed by atoms with Crippen molar-refractivity contribution in [2.75, 3.05) is 13.2 Å². The van der Waals surface area contributed by atoms with E-state index in [9.17, 15) is 14.4 Å². The summed E-state index contributed by atoms with van der Waals surface area (Å²) in [5.41, 5.74) is 1.94. The van der Waals surface area contributed by atoms with Crippen LogP contribution in [-0.2, 0) is 14.3 Å². The van der Waals surface area contributed by atoms with Crippen molar-refractivity contribution in [2.45, 2.75) is 51.3 Å². The quantitative estimate of drug-likeness (QED) is 0.801. The predicted octanol–water partition coefficient (Wildman–Crippen LogP) is 3.09. The molecule has 7 heteroatoms. The number of carbonyl (C=O) groups excluding carboxylic acids is 3. The van der Waals surface area contributed by atoms with Crippen LogP contribution >= 0.6 is 0 Å². The summed E-state index contributed by atoms with van der Waals surface area (Å²) in [7, 11) is 0. The van der Waals surface area contributed by atoms with Gasteiger partial charge in [-0.05, 0) is 42.4 Å². The minimum atomic E-state index is -0.692. The summed E-state index contributed by atoms with van der Waals surface area (Å²) in [6.45, 7) is 4.60. The van der Waals surface area contributed by atoms with E-state index in [-0.39, 0.29) is 36.4 Å². The number of hydrogen-bond acceptors (Lipinski definition) is 4. The Kier molecular flexibility index (Phi) is 6.23. The van der Waals surface area contributed by atoms with E-state index in [0.29, 0.717) is 13.0 Å². The molecule has 3 atom stereocenters. The number of nitrogens with one attached hydrogen (secondary N) is 1. The molecule has 0 bridgehead atoms. The summed E-state index contributed by atoms with van der Waals surface area (Å²) in [4.78, 5) is 40.3. The number of piperidine rings is 1. The van der Waals surface area contributed by atoms with Gasteiger partial charge in [0, 0.05) is 18.9 Å². The lowest BCUT2D eigenvalue weighted by molar-refractivity contribution is -0.142. The highest BCUT2D eigenvalue weighted by molar-refractivity contribution is 5.95. The second-order valence-corrected chi connectivity index (χ2v) is 8.74. The third-order valence-corrected chi connectivity index (χ3v) is 5.97. The molecule has 2 saturated heterocycles. The average molecular weight is 424 g/mol. The zero-order valence-corrected chi connectivity index (χ0v) is 18.0. The molecule has 164 valence electrons. The third kappa shape index (κ3) is 4.56. The number of carbonyl (C=O) groups is 3. The monoisotopic (exact) mass is 423 g/mol. The minimum absolute atomic E-state index is 0.0504. The van der Waals surface area contributed by atoms with Gasteiger partial charge in [-0.3, -0.25) is 14.2 Å². The van der Waals surface area contributed by atoms with Gasteiger partial charge in [-0.15, -0.1) is 0 Å². The van der Waals surface area contributed by atoms with Crippen LogP contribution in [-0.4, -0.2) is 58.5 Å². The first-order valence-electron chi connectivity index (χ1n) is 10.9. The number of aromatic nitrogens is 1. The number of ketones is 1. The lowest BCUT2D eigenvalue weighted by Crippen LogP contribution is -2.58. The summed E-state index contributed by atoms with van der Waals surface area (Å²) < 4.78 is 7.03. The van der Waals surface area contributed by atoms with Gasteiger partial charge in [0.25, 0.3) is 0 Å². The molecule has 3 unspecified atom stereocenters. The Hall–Kier alpha value is -2.93. The number of Topliss-reactive ketones (excluding diaryl/α,β-unsaturated/α-hetero) is 1. The van der Waals surface area contributed by atoms with Crippen LogP contribution in [0.2, 0.25) is 0 Å². The van der Waals surface area contributed by atoms with Crippen molar-refractivity contribution in [1.29, 1.82) is 0 Å². The highest BCUT2D eigenvalue weighted by Crippen LogP contribution is 2.27. The van der Waals surface area contributed by atoms with E-state index in [1.54, 1.807) is 17.3 Å². The SMILES string of the molecule is CC(C)CC(NC(=O)n1ccc(-c2ccccc2)c1)C(=O)N1CCCC2OCC(=O)C21. The predicted molar refractivity (Wildman–Crippen MR) is 117 cm³/mol. The molecule has 1 aromatic heterocycles. The van der Waals surface area contributed by atoms with Crippen LogP contribution < -0.4 is 5.32 Å². The molecule has 2 fully saturated rings. The molecular weight excluding hydrogens is 394 g/mol. The number of fused-ring (bicyclic) bond motifs is 1. The zero-order valence-electron chi connectivity index (χ0n) is 18.0. The summed E-state index contributed by atoms with van der Waals surface area (Å²) in [6, 6.07) is 10.1. The second-order valence-electron chi connectivity index (χ2n) is 8.74. The summed E-state index contributed by atoms with van der Waals surface area (Å²) in [5.74, 6) is -0.0495. The van der Waals surface area contributed by atoms with Gasteiger partial charge in [0.2, 0.25) is 5.91 Å². The fourth-order valence-electron chi connectivity index (χ4n) is 4.48. The highest BCUT2D eigenvalue weighted by atomic mass is 16.5. The maximum absolute atomic E-state index is 13.4. The van der Waals surface area contributed by atoms with Crippen molar-refractivity contribution in [3.63, 3.8) is 0 Å². The van der Waals surface area contributed by atoms with E-state index in [0.717, 1.165) is 24.0 Å². The summed E-state index contributed by atoms with van der Waals surface area (Å²) >= 11 is 0. The Morgan fingerprint density at radius 1 is 1.16 bits per heavy atom. The van der Waals surface area contributed by atoms with Crippen LogP contribution in [0.15, 0.2) is 48.8 Å². The van der Waals surface area contributed by atoms with Crippen LogP contribution in [0.5, 0.6) is 0 Å². The van der Waals surface area contributed by atoms with Gasteiger partial charge in [0.05, 0.1) is 6.10 Å². The number of rotatable bonds is 5. The van der Waals surface area contributed by atoms with Crippen molar-refractivity contribution in [3.8, 4) is 11.1 Å². The fourth-order valence-corrected chi connectivity index (χ4v) is 4.48. The third-order valence-electron chi connectivity index (χ3n) is 5.97. The van der Waals surface area contributed by atoms with Crippen molar-refractivity contribution >= 4 is 17.7 Å². The van der Waals surface area contributed by atoms with E-state index in [4.69, 9.17) is 4.74 Å². The second kappa shape index (κ2) is 9.06. The first-order valence-corrected chi connectivity index (χ1v) is 10.9. The van der Waals surface area contributed by atoms with E-state index in [2.05, 4.69) is 5.32 Å². The number of likely N-dealkylation sites (tertiary alicyclic amines) is 1. The van der Waals surface area contributed by atoms with Gasteiger partial charge in [-0.2, -0.15) is 0 Å². The van der Waals surface area contributed by atoms with Gasteiger partial charge in [0.15, 0.2) is 5.78 Å². The van der Waals surface area contributed by atoms with Crippen LogP contribution in [0.4, 0.5) is 4.79 Å². The Morgan fingerprint density at radius 2 is 1.94 bits per heavy atom. The molecule has 0 spiro atoms. The van der Waals surface area contributed by atoms with Crippen LogP contribution in [0, 0.1) is 5.92 Å². The molecule has 1 N–H and O–H groups in total. The lowest BCUT2D eigenvalue weighted by atomic mass is 9.95. The van der Waals surface area contributed by atoms with Crippen LogP contribution in [0.3, 0.4) is 0 Å². The van der Waals surface area contributed by atoms with Gasteiger partial charge < -0.3 is 15.0 Å². The highest BCUT2D eigenvalue weighted by Gasteiger charge is 2.45. The largest absolute Gasteiger partial charge is 0.368 e. The smallest absolute Gasteiger partial charge is 0.326 e. The number of hydrogen-bond donors (Lipinski definition) is 1. The molecule has 0 radical (unpaired) electrons. The standard InChI is InChI=1S/C24H29N3O4/c1-16(2)13-19(23(29)27-11-6-9-21-22(27)20(28)15-31-21)25-24(30)26-12-10-18(14-26)17-7-4-3-5-8-17/h3-5,7-8,10,12,14,16,19,21-22H,6,9,11,13,15H2,1-2H3,(H,25,30). The molecule has 2 aromatic rings. The normalized spacial score (nSPS) is 21.8. The molecule has 4 rings (SSSR count). The van der Waals surface area contributed by atoms with Gasteiger partial charge in [-0.1, -0.05) is 44.2 Å². The van der Waals surface area contributed by atoms with E-state index < -0.39 is 12.1 Å². The lowest BCUT2D eigenvalue weighted by Gasteiger charge is -2.37. The van der Waals surface area contributed by atoms with Crippen LogP contribution in [0.25, 0.3) is 11.1 Å². The first kappa shape index (κ1) is 21.3. The summed E-state index contributed by atoms with van der Waals surface area (Å²) in [5, 5.41) is 2.90. The van der Waals surface area contributed by atoms with E-state index in [1.165, 1.54) is 4.57 Å². The first-order chi connectivity index (χ1) is 14.9. The van der Waals surface area contributed by atoms with Crippen LogP contribution in [0.1, 0.15) is 33.1 Å². The topological polar surface area (TPSA) is 80.6 Å². The maximum atomic E-state index is 13.4. The van der Waals surface area contributed by atoms with Gasteiger partial charge in [-0.25, -0.2) is 4.79 Å². The average Bonchev–Trinajstić information content (AvgIpc) is 3.41. The molecule has 3 heterocycles. The molecule has 2 amide bonds. The molecule has 2 aliphatic rings. The van der Waals surface area contributed by atoms with Crippen molar-refractivity contribution in [2.24, 2.45) is 5.92 Å². The van der Waals surface area contributed by atoms with E-state index in [1.807, 2.05) is 50.2 Å². The minimum Gasteiger partial charge on any atom is -0.368 e. The Morgan fingerprint density at radius 3 is 2.68 bits per heavy atom. The Bertz CT molecular complexity index is 953. The molecule has 7 nitrogen and oxygen atoms in total. The van der Waals surface area contributed by atoms with E-state index >= 15 is 0 Å². The number of benzene rings is 1. The Labute approximate surface area is 182 Å². The number of ether oxygens (including phenoxy) is 1. The van der Waals surface area contributed by atoms with Crippen molar-refractivity contribution in [1.82, 2.24) is 14.8 Å². The molecule has 31 heavy (non-hydrogen) atoms. The van der Waals surface area contributed by atoms with Gasteiger partial charge in [0.1, 0.15) is 18.7 Å². The summed E-state index contributed by atoms with van der Waals surface area (Å²) in [6.07, 6.45) is 5.30. The zero-order chi connectivity index (χ0) is 22.0. The Balaban J connectivity index is 1.50. The van der Waals surface area contributed by atoms with Gasteiger partial charge >= 0.3 is 6.03 Å². The van der Waals surface area contributed by atoms with Crippen molar-refractivity contribution in [3.05, 3.63) is 48.8 Å². The molecule has 1 aromatic carbocycles. The molecular formula is C24H29N3O4. The molecule has 0 aliphatic carbocycles.